The second-order valence-electron chi connectivity index (χ2n) is 3.52. The number of anilines is 1. The average molecular weight is 274 g/mol. The number of methoxy groups -OCH3 is 2. The van der Waals surface area contributed by atoms with E-state index in [1.165, 1.54) is 27.3 Å². The van der Waals surface area contributed by atoms with Crippen molar-refractivity contribution < 1.29 is 17.9 Å². The molecule has 0 saturated carbocycles. The molecule has 18 heavy (non-hydrogen) atoms. The van der Waals surface area contributed by atoms with Crippen molar-refractivity contribution in [1.29, 1.82) is 0 Å². The van der Waals surface area contributed by atoms with Crippen molar-refractivity contribution in [3.05, 3.63) is 24.3 Å². The van der Waals surface area contributed by atoms with Gasteiger partial charge in [0.15, 0.2) is 6.29 Å². The first-order chi connectivity index (χ1) is 8.53. The third-order valence-corrected chi connectivity index (χ3v) is 3.82. The van der Waals surface area contributed by atoms with Crippen LogP contribution >= 0.6 is 0 Å². The van der Waals surface area contributed by atoms with Crippen LogP contribution in [0.1, 0.15) is 0 Å². The largest absolute Gasteiger partial charge is 0.380 e. The number of hydrogen-bond donors (Lipinski definition) is 2. The average Bonchev–Trinajstić information content (AvgIpc) is 2.40. The van der Waals surface area contributed by atoms with E-state index < -0.39 is 10.0 Å². The molecule has 1 aromatic carbocycles. The lowest BCUT2D eigenvalue weighted by Gasteiger charge is -2.15. The second kappa shape index (κ2) is 6.69. The van der Waals surface area contributed by atoms with Crippen LogP contribution in [0.2, 0.25) is 0 Å². The quantitative estimate of drug-likeness (QED) is 0.713. The van der Waals surface area contributed by atoms with E-state index in [4.69, 9.17) is 9.47 Å². The van der Waals surface area contributed by atoms with Gasteiger partial charge in [0.1, 0.15) is 0 Å². The summed E-state index contributed by atoms with van der Waals surface area (Å²) in [4.78, 5) is 0.210. The van der Waals surface area contributed by atoms with Gasteiger partial charge in [-0.2, -0.15) is 0 Å². The van der Waals surface area contributed by atoms with Crippen molar-refractivity contribution in [3.63, 3.8) is 0 Å². The molecule has 0 spiro atoms. The van der Waals surface area contributed by atoms with E-state index in [1.807, 2.05) is 0 Å². The molecule has 0 aliphatic rings. The fraction of sp³-hybridized carbons (Fsp3) is 0.455. The highest BCUT2D eigenvalue weighted by atomic mass is 32.2. The number of sulfonamides is 1. The molecule has 6 nitrogen and oxygen atoms in total. The molecule has 0 aliphatic carbocycles. The lowest BCUT2D eigenvalue weighted by atomic mass is 10.3. The Balaban J connectivity index is 2.77. The van der Waals surface area contributed by atoms with Crippen molar-refractivity contribution in [2.24, 2.45) is 0 Å². The van der Waals surface area contributed by atoms with E-state index >= 15 is 0 Å². The lowest BCUT2D eigenvalue weighted by molar-refractivity contribution is -0.0914. The molecule has 102 valence electrons. The summed E-state index contributed by atoms with van der Waals surface area (Å²) in [6.07, 6.45) is -0.380. The van der Waals surface area contributed by atoms with Gasteiger partial charge in [-0.25, -0.2) is 13.1 Å². The Labute approximate surface area is 107 Å². The number of ether oxygens (including phenoxy) is 2. The summed E-state index contributed by atoms with van der Waals surface area (Å²) in [5.41, 5.74) is 0.686. The Bertz CT molecular complexity index is 472. The summed E-state index contributed by atoms with van der Waals surface area (Å²) < 4.78 is 35.5. The zero-order chi connectivity index (χ0) is 13.6. The van der Waals surface area contributed by atoms with Crippen LogP contribution in [-0.4, -0.2) is 42.5 Å². The minimum atomic E-state index is -3.42. The number of benzene rings is 1. The van der Waals surface area contributed by atoms with Crippen molar-refractivity contribution in [1.82, 2.24) is 4.72 Å². The molecule has 0 saturated heterocycles. The van der Waals surface area contributed by atoms with Gasteiger partial charge in [-0.15, -0.1) is 0 Å². The minimum Gasteiger partial charge on any atom is -0.380 e. The minimum absolute atomic E-state index is 0.210. The Morgan fingerprint density at radius 3 is 2.50 bits per heavy atom. The maximum atomic E-state index is 11.6. The van der Waals surface area contributed by atoms with Crippen molar-refractivity contribution in [2.75, 3.05) is 33.1 Å². The van der Waals surface area contributed by atoms with Gasteiger partial charge in [0, 0.05) is 19.9 Å². The van der Waals surface area contributed by atoms with E-state index in [0.717, 1.165) is 0 Å². The molecule has 0 atom stereocenters. The molecule has 7 heteroatoms. The zero-order valence-electron chi connectivity index (χ0n) is 10.6. The molecule has 0 aliphatic heterocycles. The van der Waals surface area contributed by atoms with Gasteiger partial charge in [-0.05, 0) is 25.2 Å². The van der Waals surface area contributed by atoms with Crippen LogP contribution in [0.3, 0.4) is 0 Å². The van der Waals surface area contributed by atoms with Gasteiger partial charge in [-0.1, -0.05) is 6.07 Å². The Morgan fingerprint density at radius 2 is 1.94 bits per heavy atom. The molecule has 0 aromatic heterocycles. The predicted octanol–water partition coefficient (Wildman–Crippen LogP) is 0.625. The third kappa shape index (κ3) is 3.95. The van der Waals surface area contributed by atoms with E-state index in [9.17, 15) is 8.42 Å². The van der Waals surface area contributed by atoms with Gasteiger partial charge in [0.2, 0.25) is 10.0 Å². The first kappa shape index (κ1) is 14.9. The normalized spacial score (nSPS) is 11.8. The van der Waals surface area contributed by atoms with E-state index in [0.29, 0.717) is 12.2 Å². The van der Waals surface area contributed by atoms with Crippen LogP contribution in [0.5, 0.6) is 0 Å². The number of nitrogens with one attached hydrogen (secondary N) is 2. The summed E-state index contributed by atoms with van der Waals surface area (Å²) in [5, 5.41) is 3.04. The van der Waals surface area contributed by atoms with E-state index in [-0.39, 0.29) is 11.2 Å². The molecule has 0 fully saturated rings. The highest BCUT2D eigenvalue weighted by Gasteiger charge is 2.11. The van der Waals surface area contributed by atoms with Gasteiger partial charge in [0.25, 0.3) is 0 Å². The fourth-order valence-corrected chi connectivity index (χ4v) is 2.13. The third-order valence-electron chi connectivity index (χ3n) is 2.41. The van der Waals surface area contributed by atoms with Crippen LogP contribution < -0.4 is 10.0 Å². The summed E-state index contributed by atoms with van der Waals surface area (Å²) in [6, 6.07) is 6.52. The fourth-order valence-electron chi connectivity index (χ4n) is 1.36. The molecule has 1 aromatic rings. The van der Waals surface area contributed by atoms with Gasteiger partial charge >= 0.3 is 0 Å². The highest BCUT2D eigenvalue weighted by Crippen LogP contribution is 2.15. The smallest absolute Gasteiger partial charge is 0.240 e. The van der Waals surface area contributed by atoms with Crippen molar-refractivity contribution >= 4 is 15.7 Å². The highest BCUT2D eigenvalue weighted by molar-refractivity contribution is 7.89. The van der Waals surface area contributed by atoms with E-state index in [2.05, 4.69) is 10.0 Å². The summed E-state index contributed by atoms with van der Waals surface area (Å²) >= 11 is 0. The molecule has 2 N–H and O–H groups in total. The van der Waals surface area contributed by atoms with Gasteiger partial charge in [-0.3, -0.25) is 0 Å². The molecule has 0 radical (unpaired) electrons. The van der Waals surface area contributed by atoms with Crippen molar-refractivity contribution in [2.45, 2.75) is 11.2 Å². The maximum absolute atomic E-state index is 11.6. The van der Waals surface area contributed by atoms with Gasteiger partial charge < -0.3 is 14.8 Å². The Morgan fingerprint density at radius 1 is 1.28 bits per heavy atom. The van der Waals surface area contributed by atoms with Crippen LogP contribution in [-0.2, 0) is 19.5 Å². The number of hydrogen-bond acceptors (Lipinski definition) is 5. The molecule has 0 amide bonds. The Hall–Kier alpha value is -1.15. The molecular formula is C11H18N2O4S. The summed E-state index contributed by atoms with van der Waals surface area (Å²) in [5.74, 6) is 0. The summed E-state index contributed by atoms with van der Waals surface area (Å²) in [6.45, 7) is 0.427. The maximum Gasteiger partial charge on any atom is 0.240 e. The number of rotatable bonds is 7. The molecule has 1 rings (SSSR count). The van der Waals surface area contributed by atoms with Crippen LogP contribution in [0.4, 0.5) is 5.69 Å². The van der Waals surface area contributed by atoms with Crippen LogP contribution in [0.15, 0.2) is 29.2 Å². The standard InChI is InChI=1S/C11H18N2O4S/c1-12-18(14,15)10-6-4-5-9(7-10)13-8-11(16-2)17-3/h4-7,11-13H,8H2,1-3H3. The lowest BCUT2D eigenvalue weighted by Crippen LogP contribution is -2.24. The first-order valence-corrected chi connectivity index (χ1v) is 6.85. The van der Waals surface area contributed by atoms with Crippen molar-refractivity contribution in [3.8, 4) is 0 Å². The topological polar surface area (TPSA) is 76.7 Å². The monoisotopic (exact) mass is 274 g/mol. The molecule has 0 heterocycles. The second-order valence-corrected chi connectivity index (χ2v) is 5.40. The molecular weight excluding hydrogens is 256 g/mol. The van der Waals surface area contributed by atoms with Crippen LogP contribution in [0.25, 0.3) is 0 Å². The van der Waals surface area contributed by atoms with Crippen LogP contribution in [0, 0.1) is 0 Å². The summed E-state index contributed by atoms with van der Waals surface area (Å²) in [7, 11) is 1.03. The Kier molecular flexibility index (Phi) is 5.54. The molecule has 0 bridgehead atoms. The van der Waals surface area contributed by atoms with E-state index in [1.54, 1.807) is 18.2 Å². The SMILES string of the molecule is CNS(=O)(=O)c1cccc(NCC(OC)OC)c1. The zero-order valence-corrected chi connectivity index (χ0v) is 11.5. The van der Waals surface area contributed by atoms with Gasteiger partial charge in [0.05, 0.1) is 11.4 Å². The molecule has 0 unspecified atom stereocenters. The predicted molar refractivity (Wildman–Crippen MR) is 69.0 cm³/mol. The first-order valence-electron chi connectivity index (χ1n) is 5.36.